The minimum absolute atomic E-state index is 0.243. The maximum atomic E-state index is 13.5. The average molecular weight is 491 g/mol. The van der Waals surface area contributed by atoms with E-state index in [4.69, 9.17) is 20.9 Å². The number of carbonyl (C=O) groups excluding carboxylic acids is 1. The Morgan fingerprint density at radius 2 is 1.83 bits per heavy atom. The number of hydrogen-bond donors (Lipinski definition) is 1. The Labute approximate surface area is 205 Å². The van der Waals surface area contributed by atoms with Crippen LogP contribution in [0.1, 0.15) is 24.4 Å². The van der Waals surface area contributed by atoms with Gasteiger partial charge in [0, 0.05) is 16.3 Å². The van der Waals surface area contributed by atoms with E-state index in [1.165, 1.54) is 29.2 Å². The van der Waals surface area contributed by atoms with Gasteiger partial charge in [-0.25, -0.2) is 9.18 Å². The molecule has 0 spiro atoms. The number of rotatable bonds is 5. The Bertz CT molecular complexity index is 1420. The van der Waals surface area contributed by atoms with Crippen LogP contribution in [0, 0.1) is 5.82 Å². The molecule has 1 aromatic heterocycles. The smallest absolute Gasteiger partial charge is 0.326 e. The molecule has 5 rings (SSSR count). The van der Waals surface area contributed by atoms with E-state index in [-0.39, 0.29) is 11.9 Å². The fraction of sp³-hybridized carbons (Fsp3) is 0.115. The van der Waals surface area contributed by atoms with Crippen molar-refractivity contribution in [1.29, 1.82) is 0 Å². The Hall–Kier alpha value is -4.17. The summed E-state index contributed by atoms with van der Waals surface area (Å²) < 4.78 is 24.6. The molecule has 4 aromatic rings. The highest BCUT2D eigenvalue weighted by molar-refractivity contribution is 6.30. The van der Waals surface area contributed by atoms with Gasteiger partial charge < -0.3 is 14.6 Å². The standard InChI is InChI=1S/C26H20ClFN4O3/c1-15-22(25-30-24(31-35-25)16-6-8-18(27)9-7-16)23(17-4-3-5-21(14-17)34-2)29-26(33)32(15)20-12-10-19(28)11-13-20/h3-14,23H,1-2H3,(H,29,33). The lowest BCUT2D eigenvalue weighted by Gasteiger charge is -2.35. The summed E-state index contributed by atoms with van der Waals surface area (Å²) in [5, 5.41) is 7.76. The summed E-state index contributed by atoms with van der Waals surface area (Å²) in [5.41, 5.74) is 3.18. The van der Waals surface area contributed by atoms with Gasteiger partial charge in [0.1, 0.15) is 11.6 Å². The third-order valence-electron chi connectivity index (χ3n) is 5.76. The number of hydrogen-bond acceptors (Lipinski definition) is 5. The zero-order valence-electron chi connectivity index (χ0n) is 18.8. The molecule has 0 bridgehead atoms. The number of allylic oxidation sites excluding steroid dienone is 1. The Morgan fingerprint density at radius 1 is 1.09 bits per heavy atom. The molecular formula is C26H20ClFN4O3. The van der Waals surface area contributed by atoms with Crippen molar-refractivity contribution in [2.75, 3.05) is 12.0 Å². The lowest BCUT2D eigenvalue weighted by molar-refractivity contribution is 0.244. The van der Waals surface area contributed by atoms with Gasteiger partial charge in [-0.3, -0.25) is 4.90 Å². The van der Waals surface area contributed by atoms with Crippen LogP contribution in [-0.4, -0.2) is 23.3 Å². The number of anilines is 1. The van der Waals surface area contributed by atoms with Gasteiger partial charge in [-0.1, -0.05) is 28.9 Å². The van der Waals surface area contributed by atoms with Crippen LogP contribution in [0.5, 0.6) is 5.75 Å². The van der Waals surface area contributed by atoms with Crippen LogP contribution in [0.15, 0.2) is 83.0 Å². The molecule has 2 amide bonds. The maximum absolute atomic E-state index is 13.5. The molecule has 0 radical (unpaired) electrons. The number of benzene rings is 3. The third-order valence-corrected chi connectivity index (χ3v) is 6.01. The molecule has 7 nitrogen and oxygen atoms in total. The number of aromatic nitrogens is 2. The molecule has 35 heavy (non-hydrogen) atoms. The number of ether oxygens (including phenoxy) is 1. The SMILES string of the molecule is COc1cccc(C2NC(=O)N(c3ccc(F)cc3)C(C)=C2c2nc(-c3ccc(Cl)cc3)no2)c1. The lowest BCUT2D eigenvalue weighted by atomic mass is 9.94. The first-order valence-corrected chi connectivity index (χ1v) is 11.1. The Kier molecular flexibility index (Phi) is 5.96. The predicted molar refractivity (Wildman–Crippen MR) is 130 cm³/mol. The molecule has 176 valence electrons. The molecule has 3 aromatic carbocycles. The van der Waals surface area contributed by atoms with Crippen LogP contribution in [0.4, 0.5) is 14.9 Å². The zero-order chi connectivity index (χ0) is 24.5. The van der Waals surface area contributed by atoms with Gasteiger partial charge >= 0.3 is 6.03 Å². The van der Waals surface area contributed by atoms with Crippen LogP contribution < -0.4 is 15.0 Å². The number of amides is 2. The first kappa shape index (κ1) is 22.6. The monoisotopic (exact) mass is 490 g/mol. The van der Waals surface area contributed by atoms with Crippen molar-refractivity contribution < 1.29 is 18.4 Å². The summed E-state index contributed by atoms with van der Waals surface area (Å²) in [4.78, 5) is 19.3. The second-order valence-electron chi connectivity index (χ2n) is 7.90. The van der Waals surface area contributed by atoms with Crippen LogP contribution in [-0.2, 0) is 0 Å². The van der Waals surface area contributed by atoms with E-state index in [1.54, 1.807) is 38.3 Å². The highest BCUT2D eigenvalue weighted by atomic mass is 35.5. The third kappa shape index (κ3) is 4.36. The van der Waals surface area contributed by atoms with E-state index in [0.717, 1.165) is 11.1 Å². The molecule has 0 aliphatic carbocycles. The largest absolute Gasteiger partial charge is 0.497 e. The number of methoxy groups -OCH3 is 1. The highest BCUT2D eigenvalue weighted by Crippen LogP contribution is 2.39. The molecule has 2 heterocycles. The Morgan fingerprint density at radius 3 is 2.54 bits per heavy atom. The van der Waals surface area contributed by atoms with E-state index >= 15 is 0 Å². The van der Waals surface area contributed by atoms with Gasteiger partial charge in [0.15, 0.2) is 0 Å². The first-order valence-electron chi connectivity index (χ1n) is 10.8. The summed E-state index contributed by atoms with van der Waals surface area (Å²) in [6.45, 7) is 1.79. The molecule has 1 atom stereocenters. The fourth-order valence-corrected chi connectivity index (χ4v) is 4.17. The van der Waals surface area contributed by atoms with Crippen LogP contribution >= 0.6 is 11.6 Å². The number of nitrogens with zero attached hydrogens (tertiary/aromatic N) is 3. The van der Waals surface area contributed by atoms with Crippen LogP contribution in [0.25, 0.3) is 17.0 Å². The van der Waals surface area contributed by atoms with Gasteiger partial charge in [-0.15, -0.1) is 0 Å². The van der Waals surface area contributed by atoms with Crippen molar-refractivity contribution in [3.05, 3.63) is 101 Å². The highest BCUT2D eigenvalue weighted by Gasteiger charge is 2.36. The van der Waals surface area contributed by atoms with Gasteiger partial charge in [0.05, 0.1) is 24.4 Å². The fourth-order valence-electron chi connectivity index (χ4n) is 4.04. The molecular weight excluding hydrogens is 471 g/mol. The van der Waals surface area contributed by atoms with E-state index in [1.807, 2.05) is 24.3 Å². The second kappa shape index (κ2) is 9.23. The molecule has 9 heteroatoms. The number of carbonyl (C=O) groups is 1. The topological polar surface area (TPSA) is 80.5 Å². The van der Waals surface area contributed by atoms with E-state index in [2.05, 4.69) is 15.5 Å². The summed E-state index contributed by atoms with van der Waals surface area (Å²) >= 11 is 6.00. The van der Waals surface area contributed by atoms with E-state index in [0.29, 0.717) is 33.6 Å². The molecule has 1 aliphatic heterocycles. The lowest BCUT2D eigenvalue weighted by Crippen LogP contribution is -2.46. The molecule has 1 unspecified atom stereocenters. The predicted octanol–water partition coefficient (Wildman–Crippen LogP) is 6.24. The quantitative estimate of drug-likeness (QED) is 0.358. The van der Waals surface area contributed by atoms with E-state index < -0.39 is 11.9 Å². The summed E-state index contributed by atoms with van der Waals surface area (Å²) in [6, 6.07) is 19.2. The van der Waals surface area contributed by atoms with Gasteiger partial charge in [-0.05, 0) is 73.2 Å². The number of urea groups is 1. The Balaban J connectivity index is 1.65. The van der Waals surface area contributed by atoms with Crippen molar-refractivity contribution in [1.82, 2.24) is 15.5 Å². The van der Waals surface area contributed by atoms with Crippen molar-refractivity contribution in [3.8, 4) is 17.1 Å². The van der Waals surface area contributed by atoms with Crippen molar-refractivity contribution in [3.63, 3.8) is 0 Å². The minimum Gasteiger partial charge on any atom is -0.497 e. The van der Waals surface area contributed by atoms with Crippen molar-refractivity contribution in [2.45, 2.75) is 13.0 Å². The van der Waals surface area contributed by atoms with Gasteiger partial charge in [0.25, 0.3) is 5.89 Å². The van der Waals surface area contributed by atoms with Gasteiger partial charge in [-0.2, -0.15) is 4.98 Å². The summed E-state index contributed by atoms with van der Waals surface area (Å²) in [6.07, 6.45) is 0. The summed E-state index contributed by atoms with van der Waals surface area (Å²) in [5.74, 6) is 0.868. The van der Waals surface area contributed by atoms with Crippen molar-refractivity contribution >= 4 is 28.9 Å². The molecule has 0 fully saturated rings. The minimum atomic E-state index is -0.590. The van der Waals surface area contributed by atoms with Crippen LogP contribution in [0.3, 0.4) is 0 Å². The van der Waals surface area contributed by atoms with Crippen molar-refractivity contribution in [2.24, 2.45) is 0 Å². The molecule has 0 saturated carbocycles. The number of nitrogens with one attached hydrogen (secondary N) is 1. The maximum Gasteiger partial charge on any atom is 0.326 e. The van der Waals surface area contributed by atoms with Gasteiger partial charge in [0.2, 0.25) is 5.82 Å². The molecule has 1 aliphatic rings. The molecule has 1 N–H and O–H groups in total. The first-order chi connectivity index (χ1) is 16.9. The number of halogens is 2. The molecule has 0 saturated heterocycles. The van der Waals surface area contributed by atoms with Crippen LogP contribution in [0.2, 0.25) is 5.02 Å². The second-order valence-corrected chi connectivity index (χ2v) is 8.34. The zero-order valence-corrected chi connectivity index (χ0v) is 19.6. The summed E-state index contributed by atoms with van der Waals surface area (Å²) in [7, 11) is 1.58. The normalized spacial score (nSPS) is 15.8. The average Bonchev–Trinajstić information content (AvgIpc) is 3.35. The van der Waals surface area contributed by atoms with E-state index in [9.17, 15) is 9.18 Å².